The smallest absolute Gasteiger partial charge is 0.272 e. The van der Waals surface area contributed by atoms with Gasteiger partial charge in [0.1, 0.15) is 11.5 Å². The molecule has 7 heteroatoms. The molecule has 1 saturated heterocycles. The van der Waals surface area contributed by atoms with Gasteiger partial charge in [0, 0.05) is 46.0 Å². The van der Waals surface area contributed by atoms with Crippen LogP contribution < -0.4 is 9.80 Å². The number of piperazine rings is 1. The maximum absolute atomic E-state index is 13.9. The Hall–Kier alpha value is -2.70. The molecule has 3 rings (SSSR count). The van der Waals surface area contributed by atoms with Gasteiger partial charge in [-0.2, -0.15) is 0 Å². The van der Waals surface area contributed by atoms with Gasteiger partial charge in [0.15, 0.2) is 0 Å². The van der Waals surface area contributed by atoms with E-state index in [1.165, 1.54) is 6.07 Å². The molecule has 1 aromatic heterocycles. The highest BCUT2D eigenvalue weighted by atomic mass is 19.1. The van der Waals surface area contributed by atoms with Gasteiger partial charge in [0.25, 0.3) is 5.91 Å². The van der Waals surface area contributed by atoms with Crippen LogP contribution in [0.2, 0.25) is 0 Å². The SMILES string of the molecule is Cc1cc(C(=O)N2CCN(c3ccccc3F)CC2)nc(N(C)C)n1. The van der Waals surface area contributed by atoms with Crippen molar-refractivity contribution in [3.63, 3.8) is 0 Å². The summed E-state index contributed by atoms with van der Waals surface area (Å²) in [6.45, 7) is 4.11. The summed E-state index contributed by atoms with van der Waals surface area (Å²) in [7, 11) is 3.69. The van der Waals surface area contributed by atoms with Crippen molar-refractivity contribution in [1.82, 2.24) is 14.9 Å². The van der Waals surface area contributed by atoms with Crippen LogP contribution in [-0.4, -0.2) is 61.0 Å². The van der Waals surface area contributed by atoms with Crippen molar-refractivity contribution in [2.24, 2.45) is 0 Å². The van der Waals surface area contributed by atoms with Gasteiger partial charge in [-0.3, -0.25) is 4.79 Å². The molecule has 132 valence electrons. The lowest BCUT2D eigenvalue weighted by atomic mass is 10.2. The van der Waals surface area contributed by atoms with Gasteiger partial charge >= 0.3 is 0 Å². The first kappa shape index (κ1) is 17.1. The Morgan fingerprint density at radius 2 is 1.80 bits per heavy atom. The van der Waals surface area contributed by atoms with E-state index in [-0.39, 0.29) is 11.7 Å². The third kappa shape index (κ3) is 3.70. The number of rotatable bonds is 3. The van der Waals surface area contributed by atoms with Crippen LogP contribution in [-0.2, 0) is 0 Å². The molecule has 1 aromatic carbocycles. The monoisotopic (exact) mass is 343 g/mol. The topological polar surface area (TPSA) is 52.6 Å². The van der Waals surface area contributed by atoms with Gasteiger partial charge in [-0.15, -0.1) is 0 Å². The van der Waals surface area contributed by atoms with E-state index in [4.69, 9.17) is 0 Å². The van der Waals surface area contributed by atoms with Crippen LogP contribution in [0.4, 0.5) is 16.0 Å². The molecular formula is C18H22FN5O. The van der Waals surface area contributed by atoms with Crippen LogP contribution in [0.1, 0.15) is 16.2 Å². The molecule has 2 aromatic rings. The summed E-state index contributed by atoms with van der Waals surface area (Å²) in [5, 5.41) is 0. The highest BCUT2D eigenvalue weighted by Gasteiger charge is 2.25. The first-order chi connectivity index (χ1) is 12.0. The van der Waals surface area contributed by atoms with Gasteiger partial charge in [0.05, 0.1) is 5.69 Å². The molecule has 0 unspecified atom stereocenters. The molecule has 0 atom stereocenters. The van der Waals surface area contributed by atoms with Crippen molar-refractivity contribution >= 4 is 17.5 Å². The van der Waals surface area contributed by atoms with Crippen molar-refractivity contribution < 1.29 is 9.18 Å². The molecule has 0 aliphatic carbocycles. The number of hydrogen-bond acceptors (Lipinski definition) is 5. The van der Waals surface area contributed by atoms with Crippen LogP contribution in [0.15, 0.2) is 30.3 Å². The number of benzene rings is 1. The van der Waals surface area contributed by atoms with Crippen LogP contribution >= 0.6 is 0 Å². The first-order valence-electron chi connectivity index (χ1n) is 8.27. The van der Waals surface area contributed by atoms with Crippen molar-refractivity contribution in [2.45, 2.75) is 6.92 Å². The average Bonchev–Trinajstić information content (AvgIpc) is 2.61. The second-order valence-electron chi connectivity index (χ2n) is 6.32. The van der Waals surface area contributed by atoms with Crippen LogP contribution in [0.25, 0.3) is 0 Å². The fourth-order valence-electron chi connectivity index (χ4n) is 2.88. The molecule has 0 bridgehead atoms. The number of hydrogen-bond donors (Lipinski definition) is 0. The summed E-state index contributed by atoms with van der Waals surface area (Å²) in [5.74, 6) is 0.180. The van der Waals surface area contributed by atoms with Crippen molar-refractivity contribution in [2.75, 3.05) is 50.1 Å². The van der Waals surface area contributed by atoms with Crippen molar-refractivity contribution in [3.05, 3.63) is 47.5 Å². The summed E-state index contributed by atoms with van der Waals surface area (Å²) < 4.78 is 13.9. The normalized spacial score (nSPS) is 14.6. The summed E-state index contributed by atoms with van der Waals surface area (Å²) in [6.07, 6.45) is 0. The molecule has 0 spiro atoms. The maximum Gasteiger partial charge on any atom is 0.272 e. The lowest BCUT2D eigenvalue weighted by Gasteiger charge is -2.36. The molecule has 1 amide bonds. The highest BCUT2D eigenvalue weighted by molar-refractivity contribution is 5.92. The maximum atomic E-state index is 13.9. The lowest BCUT2D eigenvalue weighted by Crippen LogP contribution is -2.49. The third-order valence-corrected chi connectivity index (χ3v) is 4.22. The summed E-state index contributed by atoms with van der Waals surface area (Å²) >= 11 is 0. The Kier molecular flexibility index (Phi) is 4.83. The van der Waals surface area contributed by atoms with E-state index in [0.717, 1.165) is 5.69 Å². The third-order valence-electron chi connectivity index (χ3n) is 4.22. The van der Waals surface area contributed by atoms with E-state index >= 15 is 0 Å². The summed E-state index contributed by atoms with van der Waals surface area (Å²) in [5.41, 5.74) is 1.74. The van der Waals surface area contributed by atoms with Crippen molar-refractivity contribution in [1.29, 1.82) is 0 Å². The largest absolute Gasteiger partial charge is 0.366 e. The molecule has 1 aliphatic heterocycles. The number of para-hydroxylation sites is 1. The summed E-state index contributed by atoms with van der Waals surface area (Å²) in [6, 6.07) is 8.43. The second kappa shape index (κ2) is 7.04. The molecule has 25 heavy (non-hydrogen) atoms. The number of carbonyl (C=O) groups is 1. The van der Waals surface area contributed by atoms with Crippen LogP contribution in [0.5, 0.6) is 0 Å². The number of aryl methyl sites for hydroxylation is 1. The van der Waals surface area contributed by atoms with Gasteiger partial charge in [-0.1, -0.05) is 12.1 Å². The zero-order valence-corrected chi connectivity index (χ0v) is 14.7. The number of anilines is 2. The number of amides is 1. The highest BCUT2D eigenvalue weighted by Crippen LogP contribution is 2.21. The van der Waals surface area contributed by atoms with E-state index < -0.39 is 0 Å². The Bertz CT molecular complexity index is 772. The second-order valence-corrected chi connectivity index (χ2v) is 6.32. The number of aromatic nitrogens is 2. The zero-order chi connectivity index (χ0) is 18.0. The van der Waals surface area contributed by atoms with Crippen LogP contribution in [0, 0.1) is 12.7 Å². The number of carbonyl (C=O) groups excluding carboxylic acids is 1. The molecule has 0 radical (unpaired) electrons. The Morgan fingerprint density at radius 3 is 2.44 bits per heavy atom. The standard InChI is InChI=1S/C18H22FN5O/c1-13-12-15(21-18(20-13)22(2)3)17(25)24-10-8-23(9-11-24)16-7-5-4-6-14(16)19/h4-7,12H,8-11H2,1-3H3. The van der Waals surface area contributed by atoms with Crippen molar-refractivity contribution in [3.8, 4) is 0 Å². The Morgan fingerprint density at radius 1 is 1.12 bits per heavy atom. The Labute approximate surface area is 146 Å². The molecule has 2 heterocycles. The molecular weight excluding hydrogens is 321 g/mol. The average molecular weight is 343 g/mol. The van der Waals surface area contributed by atoms with E-state index in [1.54, 1.807) is 28.0 Å². The van der Waals surface area contributed by atoms with Gasteiger partial charge in [-0.25, -0.2) is 14.4 Å². The fraction of sp³-hybridized carbons (Fsp3) is 0.389. The van der Waals surface area contributed by atoms with E-state index in [1.807, 2.05) is 32.0 Å². The fourth-order valence-corrected chi connectivity index (χ4v) is 2.88. The Balaban J connectivity index is 1.71. The molecule has 1 fully saturated rings. The predicted octanol–water partition coefficient (Wildman–Crippen LogP) is 1.95. The molecule has 1 aliphatic rings. The van der Waals surface area contributed by atoms with Crippen LogP contribution in [0.3, 0.4) is 0 Å². The summed E-state index contributed by atoms with van der Waals surface area (Å²) in [4.78, 5) is 26.9. The minimum atomic E-state index is -0.232. The number of nitrogens with zero attached hydrogens (tertiary/aromatic N) is 5. The minimum Gasteiger partial charge on any atom is -0.366 e. The molecule has 6 nitrogen and oxygen atoms in total. The van der Waals surface area contributed by atoms with Gasteiger partial charge in [-0.05, 0) is 25.1 Å². The minimum absolute atomic E-state index is 0.109. The van der Waals surface area contributed by atoms with E-state index in [0.29, 0.717) is 43.5 Å². The zero-order valence-electron chi connectivity index (χ0n) is 14.7. The predicted molar refractivity (Wildman–Crippen MR) is 95.6 cm³/mol. The van der Waals surface area contributed by atoms with Gasteiger partial charge in [0.2, 0.25) is 5.95 Å². The van der Waals surface area contributed by atoms with Gasteiger partial charge < -0.3 is 14.7 Å². The molecule has 0 saturated carbocycles. The quantitative estimate of drug-likeness (QED) is 0.853. The first-order valence-corrected chi connectivity index (χ1v) is 8.27. The van der Waals surface area contributed by atoms with E-state index in [9.17, 15) is 9.18 Å². The lowest BCUT2D eigenvalue weighted by molar-refractivity contribution is 0.0740. The van der Waals surface area contributed by atoms with E-state index in [2.05, 4.69) is 9.97 Å². The number of halogens is 1. The molecule has 0 N–H and O–H groups in total.